The lowest BCUT2D eigenvalue weighted by Gasteiger charge is -2.36. The molecule has 116 valence electrons. The molecule has 1 aliphatic rings. The van der Waals surface area contributed by atoms with Gasteiger partial charge >= 0.3 is 0 Å². The predicted molar refractivity (Wildman–Crippen MR) is 80.7 cm³/mol. The summed E-state index contributed by atoms with van der Waals surface area (Å²) in [4.78, 5) is 25.3. The summed E-state index contributed by atoms with van der Waals surface area (Å²) in [5, 5.41) is 0. The van der Waals surface area contributed by atoms with Gasteiger partial charge in [0.2, 0.25) is 11.8 Å². The standard InChI is InChI=1S/C14H19N3O3.ClH/c1-14(16,10-5-3-2-4-6-10)13(19)17-7-8-20-11(9-17)12(15)18;/h2-6,11H,7-9,16H2,1H3,(H2,15,18);1H. The van der Waals surface area contributed by atoms with E-state index >= 15 is 0 Å². The smallest absolute Gasteiger partial charge is 0.248 e. The van der Waals surface area contributed by atoms with Gasteiger partial charge in [0.15, 0.2) is 6.10 Å². The second-order valence-electron chi connectivity index (χ2n) is 5.08. The lowest BCUT2D eigenvalue weighted by molar-refractivity contribution is -0.149. The van der Waals surface area contributed by atoms with Gasteiger partial charge in [0.25, 0.3) is 0 Å². The fraction of sp³-hybridized carbons (Fsp3) is 0.429. The molecule has 2 atom stereocenters. The third kappa shape index (κ3) is 3.72. The van der Waals surface area contributed by atoms with Gasteiger partial charge in [-0.15, -0.1) is 12.4 Å². The zero-order valence-electron chi connectivity index (χ0n) is 11.8. The molecule has 0 bridgehead atoms. The first-order valence-electron chi connectivity index (χ1n) is 6.47. The Bertz CT molecular complexity index is 507. The van der Waals surface area contributed by atoms with Crippen LogP contribution < -0.4 is 11.5 Å². The van der Waals surface area contributed by atoms with Crippen LogP contribution in [0.25, 0.3) is 0 Å². The highest BCUT2D eigenvalue weighted by molar-refractivity contribution is 5.88. The number of carbonyl (C=O) groups excluding carboxylic acids is 2. The summed E-state index contributed by atoms with van der Waals surface area (Å²) < 4.78 is 5.23. The van der Waals surface area contributed by atoms with Gasteiger partial charge in [0.1, 0.15) is 5.54 Å². The normalized spacial score (nSPS) is 21.0. The number of nitrogens with zero attached hydrogens (tertiary/aromatic N) is 1. The van der Waals surface area contributed by atoms with Gasteiger partial charge in [-0.05, 0) is 12.5 Å². The number of ether oxygens (including phenoxy) is 1. The number of nitrogens with two attached hydrogens (primary N) is 2. The minimum Gasteiger partial charge on any atom is -0.367 e. The zero-order chi connectivity index (χ0) is 14.8. The van der Waals surface area contributed by atoms with E-state index in [2.05, 4.69) is 0 Å². The number of hydrogen-bond acceptors (Lipinski definition) is 4. The number of primary amides is 1. The average Bonchev–Trinajstić information content (AvgIpc) is 2.47. The van der Waals surface area contributed by atoms with Crippen molar-refractivity contribution in [2.24, 2.45) is 11.5 Å². The number of benzene rings is 1. The number of halogens is 1. The number of rotatable bonds is 3. The Morgan fingerprint density at radius 2 is 1.95 bits per heavy atom. The Labute approximate surface area is 129 Å². The van der Waals surface area contributed by atoms with Crippen molar-refractivity contribution in [2.45, 2.75) is 18.6 Å². The van der Waals surface area contributed by atoms with E-state index in [-0.39, 0.29) is 31.5 Å². The van der Waals surface area contributed by atoms with Crippen LogP contribution in [-0.2, 0) is 19.9 Å². The van der Waals surface area contributed by atoms with Gasteiger partial charge in [-0.2, -0.15) is 0 Å². The van der Waals surface area contributed by atoms with Gasteiger partial charge in [0, 0.05) is 6.54 Å². The maximum Gasteiger partial charge on any atom is 0.248 e. The molecule has 7 heteroatoms. The van der Waals surface area contributed by atoms with Crippen molar-refractivity contribution in [3.8, 4) is 0 Å². The number of carbonyl (C=O) groups is 2. The SMILES string of the molecule is CC(N)(C(=O)N1CCOC(C(N)=O)C1)c1ccccc1.Cl. The summed E-state index contributed by atoms with van der Waals surface area (Å²) in [7, 11) is 0. The number of hydrogen-bond donors (Lipinski definition) is 2. The minimum atomic E-state index is -1.14. The molecule has 2 rings (SSSR count). The molecule has 4 N–H and O–H groups in total. The Morgan fingerprint density at radius 3 is 2.52 bits per heavy atom. The highest BCUT2D eigenvalue weighted by Crippen LogP contribution is 2.21. The summed E-state index contributed by atoms with van der Waals surface area (Å²) >= 11 is 0. The minimum absolute atomic E-state index is 0. The molecule has 0 radical (unpaired) electrons. The van der Waals surface area contributed by atoms with E-state index in [0.717, 1.165) is 5.56 Å². The number of morpholine rings is 1. The zero-order valence-corrected chi connectivity index (χ0v) is 12.6. The van der Waals surface area contributed by atoms with Crippen LogP contribution in [0.5, 0.6) is 0 Å². The first kappa shape index (κ1) is 17.4. The number of amides is 2. The molecule has 21 heavy (non-hydrogen) atoms. The van der Waals surface area contributed by atoms with Crippen molar-refractivity contribution in [1.29, 1.82) is 0 Å². The Balaban J connectivity index is 0.00000220. The van der Waals surface area contributed by atoms with Crippen molar-refractivity contribution in [2.75, 3.05) is 19.7 Å². The molecule has 1 fully saturated rings. The van der Waals surface area contributed by atoms with Gasteiger partial charge in [-0.1, -0.05) is 30.3 Å². The Kier molecular flexibility index (Phi) is 5.71. The van der Waals surface area contributed by atoms with Crippen LogP contribution in [0.4, 0.5) is 0 Å². The maximum absolute atomic E-state index is 12.6. The molecule has 1 aliphatic heterocycles. The van der Waals surface area contributed by atoms with Crippen LogP contribution in [-0.4, -0.2) is 42.5 Å². The third-order valence-corrected chi connectivity index (χ3v) is 3.49. The van der Waals surface area contributed by atoms with Gasteiger partial charge < -0.3 is 21.1 Å². The molecule has 1 aromatic carbocycles. The molecular formula is C14H20ClN3O3. The van der Waals surface area contributed by atoms with Gasteiger partial charge in [-0.25, -0.2) is 0 Å². The van der Waals surface area contributed by atoms with E-state index in [1.807, 2.05) is 30.3 Å². The second kappa shape index (κ2) is 6.89. The van der Waals surface area contributed by atoms with Crippen LogP contribution in [0.1, 0.15) is 12.5 Å². The summed E-state index contributed by atoms with van der Waals surface area (Å²) in [6.45, 7) is 2.50. The summed E-state index contributed by atoms with van der Waals surface area (Å²) in [6.07, 6.45) is -0.765. The predicted octanol–water partition coefficient (Wildman–Crippen LogP) is -0.00500. The van der Waals surface area contributed by atoms with Crippen molar-refractivity contribution in [1.82, 2.24) is 4.90 Å². The largest absolute Gasteiger partial charge is 0.367 e. The van der Waals surface area contributed by atoms with E-state index in [0.29, 0.717) is 6.54 Å². The van der Waals surface area contributed by atoms with E-state index in [4.69, 9.17) is 16.2 Å². The van der Waals surface area contributed by atoms with Crippen LogP contribution in [0.2, 0.25) is 0 Å². The van der Waals surface area contributed by atoms with Crippen LogP contribution in [0.15, 0.2) is 30.3 Å². The first-order chi connectivity index (χ1) is 9.43. The first-order valence-corrected chi connectivity index (χ1v) is 6.47. The molecular weight excluding hydrogens is 294 g/mol. The molecule has 2 amide bonds. The summed E-state index contributed by atoms with van der Waals surface area (Å²) in [5.74, 6) is -0.806. The highest BCUT2D eigenvalue weighted by Gasteiger charge is 2.37. The lowest BCUT2D eigenvalue weighted by atomic mass is 9.91. The highest BCUT2D eigenvalue weighted by atomic mass is 35.5. The average molecular weight is 314 g/mol. The van der Waals surface area contributed by atoms with E-state index in [1.165, 1.54) is 4.90 Å². The van der Waals surface area contributed by atoms with Crippen LogP contribution in [0.3, 0.4) is 0 Å². The molecule has 0 spiro atoms. The van der Waals surface area contributed by atoms with Crippen molar-refractivity contribution in [3.05, 3.63) is 35.9 Å². The summed E-state index contributed by atoms with van der Waals surface area (Å²) in [6, 6.07) is 9.15. The molecule has 0 saturated carbocycles. The van der Waals surface area contributed by atoms with Crippen molar-refractivity contribution < 1.29 is 14.3 Å². The fourth-order valence-electron chi connectivity index (χ4n) is 2.24. The lowest BCUT2D eigenvalue weighted by Crippen LogP contribution is -2.57. The Hall–Kier alpha value is -1.63. The second-order valence-corrected chi connectivity index (χ2v) is 5.08. The molecule has 2 unspecified atom stereocenters. The molecule has 1 saturated heterocycles. The van der Waals surface area contributed by atoms with Crippen molar-refractivity contribution in [3.63, 3.8) is 0 Å². The molecule has 1 aromatic rings. The quantitative estimate of drug-likeness (QED) is 0.820. The third-order valence-electron chi connectivity index (χ3n) is 3.49. The van der Waals surface area contributed by atoms with E-state index in [1.54, 1.807) is 6.92 Å². The van der Waals surface area contributed by atoms with Gasteiger partial charge in [-0.3, -0.25) is 9.59 Å². The van der Waals surface area contributed by atoms with Gasteiger partial charge in [0.05, 0.1) is 13.2 Å². The molecule has 0 aliphatic carbocycles. The van der Waals surface area contributed by atoms with Crippen LogP contribution >= 0.6 is 12.4 Å². The topological polar surface area (TPSA) is 98.7 Å². The molecule has 1 heterocycles. The fourth-order valence-corrected chi connectivity index (χ4v) is 2.24. The monoisotopic (exact) mass is 313 g/mol. The van der Waals surface area contributed by atoms with Crippen LogP contribution in [0, 0.1) is 0 Å². The van der Waals surface area contributed by atoms with E-state index in [9.17, 15) is 9.59 Å². The van der Waals surface area contributed by atoms with E-state index < -0.39 is 17.6 Å². The maximum atomic E-state index is 12.6. The molecule has 6 nitrogen and oxygen atoms in total. The summed E-state index contributed by atoms with van der Waals surface area (Å²) in [5.41, 5.74) is 11.0. The Morgan fingerprint density at radius 1 is 1.33 bits per heavy atom. The van der Waals surface area contributed by atoms with Crippen molar-refractivity contribution >= 4 is 24.2 Å². The molecule has 0 aromatic heterocycles.